The highest BCUT2D eigenvalue weighted by Gasteiger charge is 2.19. The zero-order valence-electron chi connectivity index (χ0n) is 12.0. The summed E-state index contributed by atoms with van der Waals surface area (Å²) in [5.74, 6) is -1.17. The Kier molecular flexibility index (Phi) is 5.47. The van der Waals surface area contributed by atoms with Crippen LogP contribution in [0, 0.1) is 0 Å². The summed E-state index contributed by atoms with van der Waals surface area (Å²) in [6.45, 7) is 1.51. The molecule has 0 spiro atoms. The fraction of sp³-hybridized carbons (Fsp3) is 0.125. The van der Waals surface area contributed by atoms with Gasteiger partial charge in [-0.15, -0.1) is 0 Å². The molecule has 0 saturated carbocycles. The molecule has 0 aliphatic rings. The molecule has 0 bridgehead atoms. The average molecular weight is 355 g/mol. The predicted octanol–water partition coefficient (Wildman–Crippen LogP) is 4.06. The summed E-state index contributed by atoms with van der Waals surface area (Å²) in [6.07, 6.45) is -0.909. The first kappa shape index (κ1) is 17.1. The zero-order valence-corrected chi connectivity index (χ0v) is 13.5. The summed E-state index contributed by atoms with van der Waals surface area (Å²) in [5.41, 5.74) is 0.0991. The normalized spacial score (nSPS) is 11.6. The molecule has 120 valence electrons. The molecule has 2 aromatic rings. The van der Waals surface area contributed by atoms with Crippen molar-refractivity contribution in [1.82, 2.24) is 0 Å². The Labute approximate surface area is 142 Å². The molecule has 1 N–H and O–H groups in total. The smallest absolute Gasteiger partial charge is 0.352 e. The van der Waals surface area contributed by atoms with Crippen LogP contribution < -0.4 is 9.47 Å². The number of esters is 1. The molecule has 0 fully saturated rings. The topological polar surface area (TPSA) is 72.8 Å². The second-order valence-electron chi connectivity index (χ2n) is 4.59. The van der Waals surface area contributed by atoms with E-state index in [1.165, 1.54) is 37.3 Å². The monoisotopic (exact) mass is 354 g/mol. The van der Waals surface area contributed by atoms with Crippen LogP contribution in [0.2, 0.25) is 10.0 Å². The van der Waals surface area contributed by atoms with Gasteiger partial charge in [-0.3, -0.25) is 0 Å². The summed E-state index contributed by atoms with van der Waals surface area (Å²) in [6, 6.07) is 10.1. The van der Waals surface area contributed by atoms with Crippen molar-refractivity contribution >= 4 is 35.1 Å². The van der Waals surface area contributed by atoms with Gasteiger partial charge in [0.05, 0.1) is 10.6 Å². The van der Waals surface area contributed by atoms with Crippen molar-refractivity contribution in [3.63, 3.8) is 0 Å². The maximum Gasteiger partial charge on any atom is 0.352 e. The molecule has 2 rings (SSSR count). The fourth-order valence-corrected chi connectivity index (χ4v) is 2.13. The zero-order chi connectivity index (χ0) is 17.0. The van der Waals surface area contributed by atoms with Gasteiger partial charge in [0, 0.05) is 5.02 Å². The lowest BCUT2D eigenvalue weighted by atomic mass is 10.2. The Hall–Kier alpha value is -2.24. The molecule has 0 amide bonds. The van der Waals surface area contributed by atoms with Crippen molar-refractivity contribution < 1.29 is 24.2 Å². The molecule has 0 saturated heterocycles. The molecule has 1 atom stereocenters. The van der Waals surface area contributed by atoms with Gasteiger partial charge < -0.3 is 14.6 Å². The van der Waals surface area contributed by atoms with Crippen molar-refractivity contribution in [2.24, 2.45) is 0 Å². The number of ether oxygens (including phenoxy) is 2. The molecule has 2 aromatic carbocycles. The van der Waals surface area contributed by atoms with Crippen LogP contribution in [0.5, 0.6) is 11.5 Å². The lowest BCUT2D eigenvalue weighted by molar-refractivity contribution is -0.141. The van der Waals surface area contributed by atoms with Crippen LogP contribution in [-0.2, 0) is 4.79 Å². The van der Waals surface area contributed by atoms with Crippen molar-refractivity contribution in [2.75, 3.05) is 0 Å². The highest BCUT2D eigenvalue weighted by Crippen LogP contribution is 2.28. The summed E-state index contributed by atoms with van der Waals surface area (Å²) in [7, 11) is 0. The minimum atomic E-state index is -1.06. The van der Waals surface area contributed by atoms with Crippen LogP contribution in [0.25, 0.3) is 0 Å². The summed E-state index contributed by atoms with van der Waals surface area (Å²) in [5, 5.41) is 9.54. The van der Waals surface area contributed by atoms with Crippen LogP contribution >= 0.6 is 23.2 Å². The van der Waals surface area contributed by atoms with Crippen molar-refractivity contribution in [3.8, 4) is 11.5 Å². The average Bonchev–Trinajstić information content (AvgIpc) is 2.50. The van der Waals surface area contributed by atoms with E-state index in [-0.39, 0.29) is 16.3 Å². The quantitative estimate of drug-likeness (QED) is 0.647. The maximum atomic E-state index is 12.0. The number of carbonyl (C=O) groups excluding carboxylic acids is 1. The third kappa shape index (κ3) is 4.61. The van der Waals surface area contributed by atoms with E-state index in [4.69, 9.17) is 37.8 Å². The maximum absolute atomic E-state index is 12.0. The van der Waals surface area contributed by atoms with E-state index in [0.717, 1.165) is 0 Å². The first-order chi connectivity index (χ1) is 10.9. The van der Waals surface area contributed by atoms with Gasteiger partial charge in [0.2, 0.25) is 0 Å². The summed E-state index contributed by atoms with van der Waals surface area (Å²) < 4.78 is 10.6. The molecule has 0 aliphatic heterocycles. The van der Waals surface area contributed by atoms with E-state index in [9.17, 15) is 9.59 Å². The third-order valence-electron chi connectivity index (χ3n) is 2.85. The van der Waals surface area contributed by atoms with Gasteiger partial charge >= 0.3 is 11.9 Å². The van der Waals surface area contributed by atoms with Crippen molar-refractivity contribution in [1.29, 1.82) is 0 Å². The first-order valence-corrected chi connectivity index (χ1v) is 7.29. The molecular weight excluding hydrogens is 343 g/mol. The van der Waals surface area contributed by atoms with Gasteiger partial charge in [-0.2, -0.15) is 0 Å². The van der Waals surface area contributed by atoms with Crippen LogP contribution in [0.4, 0.5) is 0 Å². The molecule has 5 nitrogen and oxygen atoms in total. The van der Waals surface area contributed by atoms with E-state index in [1.807, 2.05) is 0 Å². The Balaban J connectivity index is 2.00. The second-order valence-corrected chi connectivity index (χ2v) is 5.43. The number of carboxylic acid groups (broad SMARTS) is 1. The van der Waals surface area contributed by atoms with E-state index >= 15 is 0 Å². The molecule has 1 unspecified atom stereocenters. The minimum absolute atomic E-state index is 0.0991. The molecular formula is C16H12Cl2O5. The van der Waals surface area contributed by atoms with Gasteiger partial charge in [0.1, 0.15) is 11.5 Å². The number of rotatable bonds is 5. The van der Waals surface area contributed by atoms with Crippen LogP contribution in [0.3, 0.4) is 0 Å². The van der Waals surface area contributed by atoms with Crippen LogP contribution in [-0.4, -0.2) is 23.1 Å². The molecule has 0 heterocycles. The first-order valence-electron chi connectivity index (χ1n) is 6.53. The predicted molar refractivity (Wildman–Crippen MR) is 85.6 cm³/mol. The number of hydrogen-bond donors (Lipinski definition) is 1. The van der Waals surface area contributed by atoms with Gasteiger partial charge in [-0.25, -0.2) is 9.59 Å². The van der Waals surface area contributed by atoms with E-state index in [1.54, 1.807) is 12.1 Å². The molecule has 7 heteroatoms. The summed E-state index contributed by atoms with van der Waals surface area (Å²) >= 11 is 11.8. The van der Waals surface area contributed by atoms with Crippen LogP contribution in [0.1, 0.15) is 17.3 Å². The molecule has 23 heavy (non-hydrogen) atoms. The second kappa shape index (κ2) is 7.35. The Morgan fingerprint density at radius 3 is 2.30 bits per heavy atom. The largest absolute Gasteiger partial charge is 0.478 e. The van der Waals surface area contributed by atoms with Crippen molar-refractivity contribution in [3.05, 3.63) is 58.1 Å². The lowest BCUT2D eigenvalue weighted by Gasteiger charge is -2.15. The third-order valence-corrected chi connectivity index (χ3v) is 3.38. The molecule has 0 radical (unpaired) electrons. The summed E-state index contributed by atoms with van der Waals surface area (Å²) in [4.78, 5) is 22.7. The van der Waals surface area contributed by atoms with E-state index in [0.29, 0.717) is 10.8 Å². The van der Waals surface area contributed by atoms with Gasteiger partial charge in [-0.1, -0.05) is 23.2 Å². The number of halogens is 2. The number of carboxylic acids is 1. The Morgan fingerprint density at radius 2 is 1.74 bits per heavy atom. The van der Waals surface area contributed by atoms with E-state index < -0.39 is 18.0 Å². The fourth-order valence-electron chi connectivity index (χ4n) is 1.67. The van der Waals surface area contributed by atoms with Crippen LogP contribution in [0.15, 0.2) is 42.5 Å². The van der Waals surface area contributed by atoms with E-state index in [2.05, 4.69) is 0 Å². The Morgan fingerprint density at radius 1 is 1.09 bits per heavy atom. The minimum Gasteiger partial charge on any atom is -0.478 e. The molecule has 0 aromatic heterocycles. The van der Waals surface area contributed by atoms with Gasteiger partial charge in [0.15, 0.2) is 6.10 Å². The molecule has 0 aliphatic carbocycles. The number of aromatic carboxylic acids is 1. The number of benzene rings is 2. The highest BCUT2D eigenvalue weighted by atomic mass is 35.5. The Bertz CT molecular complexity index is 728. The number of carbonyl (C=O) groups is 2. The van der Waals surface area contributed by atoms with Gasteiger partial charge in [-0.05, 0) is 49.4 Å². The van der Waals surface area contributed by atoms with Crippen molar-refractivity contribution in [2.45, 2.75) is 13.0 Å². The SMILES string of the molecule is CC(Oc1ccc(Cl)cc1Cl)C(=O)Oc1ccc(C(=O)O)cc1. The standard InChI is InChI=1S/C16H12Cl2O5/c1-9(22-14-7-4-11(17)8-13(14)18)16(21)23-12-5-2-10(3-6-12)15(19)20/h2-9H,1H3,(H,19,20). The number of hydrogen-bond acceptors (Lipinski definition) is 4. The lowest BCUT2D eigenvalue weighted by Crippen LogP contribution is -2.28. The van der Waals surface area contributed by atoms with Gasteiger partial charge in [0.25, 0.3) is 0 Å². The highest BCUT2D eigenvalue weighted by molar-refractivity contribution is 6.35.